The van der Waals surface area contributed by atoms with Gasteiger partial charge in [0.2, 0.25) is 0 Å². The summed E-state index contributed by atoms with van der Waals surface area (Å²) < 4.78 is 1.87. The van der Waals surface area contributed by atoms with E-state index in [4.69, 9.17) is 0 Å². The molecule has 0 fully saturated rings. The van der Waals surface area contributed by atoms with Crippen LogP contribution in [0.5, 0.6) is 0 Å². The zero-order valence-electron chi connectivity index (χ0n) is 9.59. The number of nitrogens with zero attached hydrogens (tertiary/aromatic N) is 1. The van der Waals surface area contributed by atoms with E-state index in [1.54, 1.807) is 0 Å². The average Bonchev–Trinajstić information content (AvgIpc) is 2.17. The Hall–Kier alpha value is -0.570. The quantitative estimate of drug-likeness (QED) is 0.772. The molecule has 0 radical (unpaired) electrons. The minimum Gasteiger partial charge on any atom is -0.313 e. The highest BCUT2D eigenvalue weighted by atomic mass is 79.9. The van der Waals surface area contributed by atoms with E-state index in [0.717, 1.165) is 24.2 Å². The lowest BCUT2D eigenvalue weighted by Gasteiger charge is -2.12. The van der Waals surface area contributed by atoms with Crippen molar-refractivity contribution in [2.24, 2.45) is 5.92 Å². The van der Waals surface area contributed by atoms with Gasteiger partial charge in [-0.1, -0.05) is 35.8 Å². The van der Waals surface area contributed by atoms with Gasteiger partial charge in [-0.15, -0.1) is 0 Å². The molecule has 1 rings (SSSR count). The highest BCUT2D eigenvalue weighted by Gasteiger charge is 2.05. The smallest absolute Gasteiger partial charge is 0.254 e. The zero-order valence-corrected chi connectivity index (χ0v) is 11.2. The topological polar surface area (TPSA) is 22.0 Å². The average molecular weight is 272 g/mol. The molecule has 0 aromatic carbocycles. The van der Waals surface area contributed by atoms with Crippen molar-refractivity contribution in [3.63, 3.8) is 0 Å². The van der Waals surface area contributed by atoms with Gasteiger partial charge in [0.05, 0.1) is 0 Å². The summed E-state index contributed by atoms with van der Waals surface area (Å²) in [6.45, 7) is 7.16. The maximum absolute atomic E-state index is 12.0. The fourth-order valence-corrected chi connectivity index (χ4v) is 1.91. The van der Waals surface area contributed by atoms with E-state index in [1.807, 2.05) is 23.6 Å². The highest BCUT2D eigenvalue weighted by Crippen LogP contribution is 2.06. The molecule has 0 spiro atoms. The molecule has 0 amide bonds. The second-order valence-corrected chi connectivity index (χ2v) is 4.83. The van der Waals surface area contributed by atoms with Crippen LogP contribution in [-0.2, 0) is 11.9 Å². The fourth-order valence-electron chi connectivity index (χ4n) is 1.48. The molecule has 0 N–H and O–H groups in total. The number of aryl methyl sites for hydroxylation is 1. The predicted octanol–water partition coefficient (Wildman–Crippen LogP) is 3.10. The van der Waals surface area contributed by atoms with E-state index >= 15 is 0 Å². The molecule has 0 saturated carbocycles. The van der Waals surface area contributed by atoms with E-state index in [2.05, 4.69) is 29.8 Å². The zero-order chi connectivity index (χ0) is 11.4. The van der Waals surface area contributed by atoms with Gasteiger partial charge in [-0.25, -0.2) is 0 Å². The van der Waals surface area contributed by atoms with Crippen molar-refractivity contribution in [3.05, 3.63) is 33.7 Å². The Balaban J connectivity index is 2.99. The van der Waals surface area contributed by atoms with Crippen LogP contribution in [0.4, 0.5) is 0 Å². The highest BCUT2D eigenvalue weighted by molar-refractivity contribution is 9.08. The van der Waals surface area contributed by atoms with Gasteiger partial charge in [0.15, 0.2) is 0 Å². The first-order valence-electron chi connectivity index (χ1n) is 5.31. The lowest BCUT2D eigenvalue weighted by molar-refractivity contribution is 0.500. The monoisotopic (exact) mass is 271 g/mol. The summed E-state index contributed by atoms with van der Waals surface area (Å²) >= 11 is 3.33. The van der Waals surface area contributed by atoms with Crippen LogP contribution in [0, 0.1) is 12.8 Å². The van der Waals surface area contributed by atoms with Crippen LogP contribution in [-0.4, -0.2) is 4.57 Å². The maximum atomic E-state index is 12.0. The van der Waals surface area contributed by atoms with Gasteiger partial charge < -0.3 is 4.57 Å². The first kappa shape index (κ1) is 12.5. The summed E-state index contributed by atoms with van der Waals surface area (Å²) in [6.07, 6.45) is 1.05. The Morgan fingerprint density at radius 1 is 1.40 bits per heavy atom. The Kier molecular flexibility index (Phi) is 4.58. The number of halogens is 1. The summed E-state index contributed by atoms with van der Waals surface area (Å²) in [7, 11) is 0. The number of aromatic nitrogens is 1. The molecular weight excluding hydrogens is 254 g/mol. The van der Waals surface area contributed by atoms with Gasteiger partial charge in [0.25, 0.3) is 5.56 Å². The van der Waals surface area contributed by atoms with Crippen LogP contribution < -0.4 is 5.56 Å². The molecular formula is C12H18BrNO. The van der Waals surface area contributed by atoms with Crippen LogP contribution in [0.15, 0.2) is 16.9 Å². The Morgan fingerprint density at radius 2 is 2.07 bits per heavy atom. The SMILES string of the molecule is Cc1ccc(CBr)c(=O)n1CCC(C)C. The van der Waals surface area contributed by atoms with Crippen molar-refractivity contribution in [1.82, 2.24) is 4.57 Å². The van der Waals surface area contributed by atoms with Crippen molar-refractivity contribution in [2.75, 3.05) is 0 Å². The molecule has 1 aromatic heterocycles. The van der Waals surface area contributed by atoms with E-state index < -0.39 is 0 Å². The van der Waals surface area contributed by atoms with Gasteiger partial charge in [-0.3, -0.25) is 4.79 Å². The second kappa shape index (κ2) is 5.50. The first-order valence-corrected chi connectivity index (χ1v) is 6.43. The van der Waals surface area contributed by atoms with Crippen LogP contribution >= 0.6 is 15.9 Å². The molecule has 0 aliphatic rings. The van der Waals surface area contributed by atoms with Crippen LogP contribution in [0.25, 0.3) is 0 Å². The molecule has 2 nitrogen and oxygen atoms in total. The first-order chi connectivity index (χ1) is 7.06. The maximum Gasteiger partial charge on any atom is 0.254 e. The standard InChI is InChI=1S/C12H18BrNO/c1-9(2)6-7-14-10(3)4-5-11(8-13)12(14)15/h4-5,9H,6-8H2,1-3H3. The minimum atomic E-state index is 0.146. The summed E-state index contributed by atoms with van der Waals surface area (Å²) in [5, 5.41) is 0.633. The van der Waals surface area contributed by atoms with Crippen molar-refractivity contribution in [2.45, 2.75) is 39.1 Å². The molecule has 0 aliphatic carbocycles. The molecule has 84 valence electrons. The Morgan fingerprint density at radius 3 is 2.60 bits per heavy atom. The molecule has 0 aliphatic heterocycles. The van der Waals surface area contributed by atoms with Gasteiger partial charge in [0, 0.05) is 23.1 Å². The molecule has 0 bridgehead atoms. The lowest BCUT2D eigenvalue weighted by Crippen LogP contribution is -2.25. The van der Waals surface area contributed by atoms with Crippen LogP contribution in [0.1, 0.15) is 31.5 Å². The van der Waals surface area contributed by atoms with Crippen molar-refractivity contribution in [3.8, 4) is 0 Å². The Bertz CT molecular complexity index is 382. The number of alkyl halides is 1. The molecule has 1 heterocycles. The van der Waals surface area contributed by atoms with Gasteiger partial charge in [-0.05, 0) is 25.3 Å². The molecule has 0 saturated heterocycles. The number of rotatable bonds is 4. The minimum absolute atomic E-state index is 0.146. The molecule has 0 unspecified atom stereocenters. The Labute approximate surface area is 99.4 Å². The molecule has 3 heteroatoms. The van der Waals surface area contributed by atoms with Gasteiger partial charge in [0.1, 0.15) is 0 Å². The second-order valence-electron chi connectivity index (χ2n) is 4.27. The van der Waals surface area contributed by atoms with Crippen molar-refractivity contribution >= 4 is 15.9 Å². The van der Waals surface area contributed by atoms with E-state index in [-0.39, 0.29) is 5.56 Å². The normalized spacial score (nSPS) is 11.0. The van der Waals surface area contributed by atoms with Crippen LogP contribution in [0.3, 0.4) is 0 Å². The van der Waals surface area contributed by atoms with Gasteiger partial charge >= 0.3 is 0 Å². The largest absolute Gasteiger partial charge is 0.313 e. The summed E-state index contributed by atoms with van der Waals surface area (Å²) in [5.74, 6) is 0.629. The number of hydrogen-bond donors (Lipinski definition) is 0. The van der Waals surface area contributed by atoms with Crippen LogP contribution in [0.2, 0.25) is 0 Å². The predicted molar refractivity (Wildman–Crippen MR) is 67.5 cm³/mol. The summed E-state index contributed by atoms with van der Waals surface area (Å²) in [6, 6.07) is 3.91. The van der Waals surface area contributed by atoms with E-state index in [9.17, 15) is 4.79 Å². The van der Waals surface area contributed by atoms with Gasteiger partial charge in [-0.2, -0.15) is 0 Å². The molecule has 0 atom stereocenters. The number of pyridine rings is 1. The van der Waals surface area contributed by atoms with E-state index in [1.165, 1.54) is 0 Å². The third-order valence-corrected chi connectivity index (χ3v) is 3.15. The third kappa shape index (κ3) is 3.20. The van der Waals surface area contributed by atoms with E-state index in [0.29, 0.717) is 11.2 Å². The fraction of sp³-hybridized carbons (Fsp3) is 0.583. The van der Waals surface area contributed by atoms with Crippen molar-refractivity contribution in [1.29, 1.82) is 0 Å². The molecule has 1 aromatic rings. The third-order valence-electron chi connectivity index (χ3n) is 2.55. The summed E-state index contributed by atoms with van der Waals surface area (Å²) in [4.78, 5) is 12.0. The summed E-state index contributed by atoms with van der Waals surface area (Å²) in [5.41, 5.74) is 2.03. The lowest BCUT2D eigenvalue weighted by atomic mass is 10.1. The number of hydrogen-bond acceptors (Lipinski definition) is 1. The van der Waals surface area contributed by atoms with Crippen molar-refractivity contribution < 1.29 is 0 Å². The molecule has 15 heavy (non-hydrogen) atoms.